The Morgan fingerprint density at radius 1 is 1.00 bits per heavy atom. The van der Waals surface area contributed by atoms with Gasteiger partial charge in [0.25, 0.3) is 11.8 Å². The van der Waals surface area contributed by atoms with Gasteiger partial charge in [-0.05, 0) is 70.6 Å². The SMILES string of the molecule is COc1ccc(C=C(NC(=O)c2ccccc2)C(=O)NN=Cc2ccc(I)o2)cc1OC. The Hall–Kier alpha value is -3.60. The molecule has 164 valence electrons. The zero-order valence-corrected chi connectivity index (χ0v) is 19.5. The Kier molecular flexibility index (Phi) is 8.03. The van der Waals surface area contributed by atoms with Gasteiger partial charge < -0.3 is 19.2 Å². The minimum absolute atomic E-state index is 0.00255. The van der Waals surface area contributed by atoms with Crippen LogP contribution in [0.1, 0.15) is 21.7 Å². The van der Waals surface area contributed by atoms with E-state index in [0.29, 0.717) is 32.2 Å². The highest BCUT2D eigenvalue weighted by molar-refractivity contribution is 14.1. The van der Waals surface area contributed by atoms with Crippen LogP contribution in [-0.4, -0.2) is 32.2 Å². The quantitative estimate of drug-likeness (QED) is 0.194. The van der Waals surface area contributed by atoms with E-state index < -0.39 is 11.8 Å². The lowest BCUT2D eigenvalue weighted by atomic mass is 10.1. The lowest BCUT2D eigenvalue weighted by Gasteiger charge is -2.11. The van der Waals surface area contributed by atoms with Crippen LogP contribution in [0.5, 0.6) is 11.5 Å². The molecule has 0 atom stereocenters. The second kappa shape index (κ2) is 11.1. The third kappa shape index (κ3) is 6.20. The molecular formula is C23H20IN3O5. The van der Waals surface area contributed by atoms with Gasteiger partial charge in [-0.2, -0.15) is 5.10 Å². The third-order valence-corrected chi connectivity index (χ3v) is 4.78. The van der Waals surface area contributed by atoms with Gasteiger partial charge in [0.2, 0.25) is 0 Å². The van der Waals surface area contributed by atoms with Gasteiger partial charge in [-0.1, -0.05) is 24.3 Å². The summed E-state index contributed by atoms with van der Waals surface area (Å²) in [6.07, 6.45) is 2.89. The summed E-state index contributed by atoms with van der Waals surface area (Å²) in [6.45, 7) is 0. The minimum Gasteiger partial charge on any atom is -0.493 e. The molecule has 1 heterocycles. The number of nitrogens with one attached hydrogen (secondary N) is 2. The van der Waals surface area contributed by atoms with E-state index in [4.69, 9.17) is 13.9 Å². The predicted molar refractivity (Wildman–Crippen MR) is 129 cm³/mol. The molecule has 0 saturated carbocycles. The van der Waals surface area contributed by atoms with E-state index >= 15 is 0 Å². The summed E-state index contributed by atoms with van der Waals surface area (Å²) in [5.74, 6) is 0.467. The number of benzene rings is 2. The number of halogens is 1. The Labute approximate surface area is 198 Å². The maximum Gasteiger partial charge on any atom is 0.287 e. The smallest absolute Gasteiger partial charge is 0.287 e. The molecule has 2 aromatic carbocycles. The molecule has 3 rings (SSSR count). The zero-order chi connectivity index (χ0) is 22.9. The van der Waals surface area contributed by atoms with Crippen LogP contribution in [-0.2, 0) is 4.79 Å². The Morgan fingerprint density at radius 2 is 1.75 bits per heavy atom. The molecule has 8 nitrogen and oxygen atoms in total. The van der Waals surface area contributed by atoms with Gasteiger partial charge in [0.1, 0.15) is 11.5 Å². The van der Waals surface area contributed by atoms with Crippen molar-refractivity contribution in [3.8, 4) is 11.5 Å². The monoisotopic (exact) mass is 545 g/mol. The average molecular weight is 545 g/mol. The topological polar surface area (TPSA) is 102 Å². The molecule has 2 N–H and O–H groups in total. The molecule has 0 aliphatic heterocycles. The summed E-state index contributed by atoms with van der Waals surface area (Å²) < 4.78 is 16.6. The van der Waals surface area contributed by atoms with E-state index in [1.165, 1.54) is 26.5 Å². The minimum atomic E-state index is -0.610. The van der Waals surface area contributed by atoms with Crippen LogP contribution in [0, 0.1) is 3.77 Å². The van der Waals surface area contributed by atoms with Crippen LogP contribution >= 0.6 is 22.6 Å². The molecule has 0 aliphatic rings. The van der Waals surface area contributed by atoms with Crippen molar-refractivity contribution in [2.75, 3.05) is 14.2 Å². The first-order valence-electron chi connectivity index (χ1n) is 9.39. The van der Waals surface area contributed by atoms with E-state index in [2.05, 4.69) is 15.8 Å². The first-order chi connectivity index (χ1) is 15.5. The van der Waals surface area contributed by atoms with Crippen LogP contribution in [0.4, 0.5) is 0 Å². The summed E-state index contributed by atoms with van der Waals surface area (Å²) in [4.78, 5) is 25.4. The fraction of sp³-hybridized carbons (Fsp3) is 0.0870. The number of hydrogen-bond donors (Lipinski definition) is 2. The highest BCUT2D eigenvalue weighted by atomic mass is 127. The summed E-state index contributed by atoms with van der Waals surface area (Å²) in [5, 5.41) is 6.54. The van der Waals surface area contributed by atoms with Crippen LogP contribution in [0.25, 0.3) is 6.08 Å². The second-order valence-corrected chi connectivity index (χ2v) is 7.40. The molecule has 2 amide bonds. The Morgan fingerprint density at radius 3 is 2.41 bits per heavy atom. The number of rotatable bonds is 8. The first-order valence-corrected chi connectivity index (χ1v) is 10.5. The number of carbonyl (C=O) groups is 2. The normalized spacial score (nSPS) is 11.3. The zero-order valence-electron chi connectivity index (χ0n) is 17.3. The van der Waals surface area contributed by atoms with E-state index in [1.807, 2.05) is 22.6 Å². The fourth-order valence-corrected chi connectivity index (χ4v) is 3.10. The molecule has 1 aromatic heterocycles. The lowest BCUT2D eigenvalue weighted by molar-refractivity contribution is -0.117. The molecule has 0 bridgehead atoms. The number of hydrazone groups is 1. The van der Waals surface area contributed by atoms with Crippen molar-refractivity contribution in [3.05, 3.63) is 87.0 Å². The van der Waals surface area contributed by atoms with Crippen molar-refractivity contribution in [3.63, 3.8) is 0 Å². The van der Waals surface area contributed by atoms with Crippen molar-refractivity contribution < 1.29 is 23.5 Å². The van der Waals surface area contributed by atoms with Crippen molar-refractivity contribution in [2.24, 2.45) is 5.10 Å². The van der Waals surface area contributed by atoms with E-state index in [1.54, 1.807) is 60.7 Å². The molecule has 0 saturated heterocycles. The predicted octanol–water partition coefficient (Wildman–Crippen LogP) is 3.82. The van der Waals surface area contributed by atoms with Gasteiger partial charge in [0.05, 0.1) is 20.4 Å². The number of nitrogens with zero attached hydrogens (tertiary/aromatic N) is 1. The maximum atomic E-state index is 12.8. The van der Waals surface area contributed by atoms with Crippen LogP contribution < -0.4 is 20.2 Å². The van der Waals surface area contributed by atoms with Crippen LogP contribution in [0.15, 0.2) is 75.9 Å². The molecular weight excluding hydrogens is 525 g/mol. The number of methoxy groups -OCH3 is 2. The summed E-state index contributed by atoms with van der Waals surface area (Å²) in [5.41, 5.74) is 3.42. The summed E-state index contributed by atoms with van der Waals surface area (Å²) >= 11 is 2.03. The van der Waals surface area contributed by atoms with Gasteiger partial charge in [-0.25, -0.2) is 5.43 Å². The summed E-state index contributed by atoms with van der Waals surface area (Å²) in [6, 6.07) is 17.2. The Bertz CT molecular complexity index is 1160. The van der Waals surface area contributed by atoms with Gasteiger partial charge in [-0.3, -0.25) is 9.59 Å². The van der Waals surface area contributed by atoms with Gasteiger partial charge in [0, 0.05) is 5.56 Å². The highest BCUT2D eigenvalue weighted by Crippen LogP contribution is 2.28. The van der Waals surface area contributed by atoms with Crippen LogP contribution in [0.2, 0.25) is 0 Å². The van der Waals surface area contributed by atoms with Crippen molar-refractivity contribution in [1.82, 2.24) is 10.7 Å². The summed E-state index contributed by atoms with van der Waals surface area (Å²) in [7, 11) is 3.05. The number of carbonyl (C=O) groups excluding carboxylic acids is 2. The van der Waals surface area contributed by atoms with Gasteiger partial charge >= 0.3 is 0 Å². The largest absolute Gasteiger partial charge is 0.493 e. The number of furan rings is 1. The third-order valence-electron chi connectivity index (χ3n) is 4.20. The van der Waals surface area contributed by atoms with Crippen molar-refractivity contribution in [1.29, 1.82) is 0 Å². The van der Waals surface area contributed by atoms with Gasteiger partial charge in [0.15, 0.2) is 15.3 Å². The molecule has 0 spiro atoms. The molecule has 0 fully saturated rings. The molecule has 0 unspecified atom stereocenters. The van der Waals surface area contributed by atoms with E-state index in [-0.39, 0.29) is 5.70 Å². The first kappa shape index (κ1) is 23.1. The van der Waals surface area contributed by atoms with E-state index in [9.17, 15) is 9.59 Å². The molecule has 0 aliphatic carbocycles. The lowest BCUT2D eigenvalue weighted by Crippen LogP contribution is -2.32. The number of amides is 2. The van der Waals surface area contributed by atoms with Crippen LogP contribution in [0.3, 0.4) is 0 Å². The fourth-order valence-electron chi connectivity index (χ4n) is 2.66. The number of hydrogen-bond acceptors (Lipinski definition) is 6. The Balaban J connectivity index is 1.86. The molecule has 9 heteroatoms. The van der Waals surface area contributed by atoms with E-state index in [0.717, 1.165) is 0 Å². The highest BCUT2D eigenvalue weighted by Gasteiger charge is 2.15. The molecule has 3 aromatic rings. The average Bonchev–Trinajstić information content (AvgIpc) is 3.23. The second-order valence-electron chi connectivity index (χ2n) is 6.33. The standard InChI is InChI=1S/C23H20IN3O5/c1-30-19-10-8-15(13-20(19)31-2)12-18(26-22(28)16-6-4-3-5-7-16)23(29)27-25-14-17-9-11-21(24)32-17/h3-14H,1-2H3,(H,26,28)(H,27,29). The van der Waals surface area contributed by atoms with Crippen molar-refractivity contribution in [2.45, 2.75) is 0 Å². The van der Waals surface area contributed by atoms with Crippen molar-refractivity contribution >= 4 is 46.7 Å². The molecule has 0 radical (unpaired) electrons. The van der Waals surface area contributed by atoms with Gasteiger partial charge in [-0.15, -0.1) is 0 Å². The molecule has 32 heavy (non-hydrogen) atoms. The maximum absolute atomic E-state index is 12.8. The number of ether oxygens (including phenoxy) is 2.